The molecule has 3 atom stereocenters. The van der Waals surface area contributed by atoms with Crippen LogP contribution in [0.2, 0.25) is 0 Å². The maximum absolute atomic E-state index is 11.4. The SMILES string of the molecule is CCC1CCCCC1C1(O)CCCc2ccccc21. The lowest BCUT2D eigenvalue weighted by atomic mass is 9.62. The summed E-state index contributed by atoms with van der Waals surface area (Å²) in [7, 11) is 0. The Labute approximate surface area is 117 Å². The van der Waals surface area contributed by atoms with Gasteiger partial charge in [0.2, 0.25) is 0 Å². The quantitative estimate of drug-likeness (QED) is 0.832. The zero-order valence-electron chi connectivity index (χ0n) is 12.1. The number of fused-ring (bicyclic) bond motifs is 1. The first-order chi connectivity index (χ1) is 9.25. The molecule has 1 aromatic rings. The molecule has 2 aliphatic carbocycles. The molecule has 0 spiro atoms. The first-order valence-electron chi connectivity index (χ1n) is 8.06. The van der Waals surface area contributed by atoms with Crippen molar-refractivity contribution in [3.8, 4) is 0 Å². The Morgan fingerprint density at radius 2 is 1.95 bits per heavy atom. The van der Waals surface area contributed by atoms with Crippen molar-refractivity contribution >= 4 is 0 Å². The lowest BCUT2D eigenvalue weighted by molar-refractivity contribution is -0.0765. The third kappa shape index (κ3) is 2.23. The Bertz CT molecular complexity index is 439. The highest BCUT2D eigenvalue weighted by molar-refractivity contribution is 5.35. The summed E-state index contributed by atoms with van der Waals surface area (Å²) in [4.78, 5) is 0. The van der Waals surface area contributed by atoms with Gasteiger partial charge in [-0.15, -0.1) is 0 Å². The van der Waals surface area contributed by atoms with Crippen LogP contribution in [0.15, 0.2) is 24.3 Å². The van der Waals surface area contributed by atoms with E-state index in [-0.39, 0.29) is 0 Å². The summed E-state index contributed by atoms with van der Waals surface area (Å²) < 4.78 is 0. The highest BCUT2D eigenvalue weighted by Gasteiger charge is 2.44. The smallest absolute Gasteiger partial charge is 0.0929 e. The van der Waals surface area contributed by atoms with Crippen molar-refractivity contribution in [1.29, 1.82) is 0 Å². The first-order valence-corrected chi connectivity index (χ1v) is 8.06. The van der Waals surface area contributed by atoms with E-state index in [0.717, 1.165) is 19.3 Å². The number of rotatable bonds is 2. The van der Waals surface area contributed by atoms with Crippen LogP contribution >= 0.6 is 0 Å². The van der Waals surface area contributed by atoms with Crippen LogP contribution in [0.1, 0.15) is 63.0 Å². The van der Waals surface area contributed by atoms with Crippen molar-refractivity contribution < 1.29 is 5.11 Å². The predicted molar refractivity (Wildman–Crippen MR) is 79.0 cm³/mol. The number of aliphatic hydroxyl groups is 1. The van der Waals surface area contributed by atoms with Crippen LogP contribution < -0.4 is 0 Å². The van der Waals surface area contributed by atoms with E-state index in [1.165, 1.54) is 43.2 Å². The fourth-order valence-electron chi connectivity index (χ4n) is 4.55. The van der Waals surface area contributed by atoms with Gasteiger partial charge in [0.05, 0.1) is 5.60 Å². The van der Waals surface area contributed by atoms with E-state index in [9.17, 15) is 5.11 Å². The predicted octanol–water partition coefficient (Wildman–Crippen LogP) is 4.43. The molecule has 1 nitrogen and oxygen atoms in total. The van der Waals surface area contributed by atoms with Gasteiger partial charge >= 0.3 is 0 Å². The zero-order chi connectivity index (χ0) is 13.3. The van der Waals surface area contributed by atoms with Crippen molar-refractivity contribution in [3.63, 3.8) is 0 Å². The molecule has 19 heavy (non-hydrogen) atoms. The molecule has 1 fully saturated rings. The Kier molecular flexibility index (Phi) is 3.66. The summed E-state index contributed by atoms with van der Waals surface area (Å²) in [5.41, 5.74) is 2.08. The van der Waals surface area contributed by atoms with Crippen LogP contribution in [-0.4, -0.2) is 5.11 Å². The van der Waals surface area contributed by atoms with Gasteiger partial charge < -0.3 is 5.11 Å². The summed E-state index contributed by atoms with van der Waals surface area (Å²) in [5.74, 6) is 1.19. The van der Waals surface area contributed by atoms with Gasteiger partial charge in [-0.2, -0.15) is 0 Å². The van der Waals surface area contributed by atoms with Gasteiger partial charge in [-0.1, -0.05) is 56.9 Å². The Morgan fingerprint density at radius 3 is 2.79 bits per heavy atom. The van der Waals surface area contributed by atoms with Crippen molar-refractivity contribution in [2.75, 3.05) is 0 Å². The van der Waals surface area contributed by atoms with E-state index in [2.05, 4.69) is 31.2 Å². The minimum absolute atomic E-state index is 0.479. The Morgan fingerprint density at radius 1 is 1.16 bits per heavy atom. The van der Waals surface area contributed by atoms with Gasteiger partial charge in [0.1, 0.15) is 0 Å². The third-order valence-corrected chi connectivity index (χ3v) is 5.53. The maximum Gasteiger partial charge on any atom is 0.0929 e. The van der Waals surface area contributed by atoms with Gasteiger partial charge in [0.15, 0.2) is 0 Å². The molecule has 0 aromatic heterocycles. The number of hydrogen-bond acceptors (Lipinski definition) is 1. The van der Waals surface area contributed by atoms with Gasteiger partial charge in [-0.25, -0.2) is 0 Å². The number of benzene rings is 1. The van der Waals surface area contributed by atoms with Crippen molar-refractivity contribution in [2.45, 2.75) is 63.9 Å². The second kappa shape index (κ2) is 5.28. The van der Waals surface area contributed by atoms with Crippen LogP contribution in [0, 0.1) is 11.8 Å². The van der Waals surface area contributed by atoms with Crippen LogP contribution in [-0.2, 0) is 12.0 Å². The zero-order valence-corrected chi connectivity index (χ0v) is 12.1. The van der Waals surface area contributed by atoms with E-state index in [0.29, 0.717) is 11.8 Å². The molecule has 0 amide bonds. The van der Waals surface area contributed by atoms with E-state index < -0.39 is 5.60 Å². The molecule has 0 bridgehead atoms. The molecule has 1 N–H and O–H groups in total. The van der Waals surface area contributed by atoms with Gasteiger partial charge in [-0.05, 0) is 48.6 Å². The van der Waals surface area contributed by atoms with E-state index >= 15 is 0 Å². The summed E-state index contributed by atoms with van der Waals surface area (Å²) in [6, 6.07) is 8.60. The molecule has 0 aliphatic heterocycles. The fourth-order valence-corrected chi connectivity index (χ4v) is 4.55. The molecule has 0 radical (unpaired) electrons. The highest BCUT2D eigenvalue weighted by Crippen LogP contribution is 2.49. The summed E-state index contributed by atoms with van der Waals surface area (Å²) in [5, 5.41) is 11.4. The van der Waals surface area contributed by atoms with Crippen molar-refractivity contribution in [1.82, 2.24) is 0 Å². The third-order valence-electron chi connectivity index (χ3n) is 5.53. The van der Waals surface area contributed by atoms with Crippen LogP contribution in [0.4, 0.5) is 0 Å². The topological polar surface area (TPSA) is 20.2 Å². The summed E-state index contributed by atoms with van der Waals surface area (Å²) >= 11 is 0. The van der Waals surface area contributed by atoms with E-state index in [1.54, 1.807) is 0 Å². The van der Waals surface area contributed by atoms with Gasteiger partial charge in [0.25, 0.3) is 0 Å². The minimum Gasteiger partial charge on any atom is -0.385 e. The molecule has 1 heteroatoms. The van der Waals surface area contributed by atoms with Gasteiger partial charge in [0, 0.05) is 0 Å². The highest BCUT2D eigenvalue weighted by atomic mass is 16.3. The molecule has 3 rings (SSSR count). The monoisotopic (exact) mass is 258 g/mol. The standard InChI is InChI=1S/C18H26O/c1-2-14-8-3-5-11-16(14)18(19)13-7-10-15-9-4-6-12-17(15)18/h4,6,9,12,14,16,19H,2-3,5,7-8,10-11,13H2,1H3. The van der Waals surface area contributed by atoms with Crippen LogP contribution in [0.25, 0.3) is 0 Å². The largest absolute Gasteiger partial charge is 0.385 e. The maximum atomic E-state index is 11.4. The van der Waals surface area contributed by atoms with Gasteiger partial charge in [-0.3, -0.25) is 0 Å². The van der Waals surface area contributed by atoms with Crippen LogP contribution in [0.5, 0.6) is 0 Å². The second-order valence-corrected chi connectivity index (χ2v) is 6.49. The Balaban J connectivity index is 1.98. The first kappa shape index (κ1) is 13.2. The van der Waals surface area contributed by atoms with E-state index in [4.69, 9.17) is 0 Å². The number of hydrogen-bond donors (Lipinski definition) is 1. The van der Waals surface area contributed by atoms with E-state index in [1.807, 2.05) is 0 Å². The molecule has 2 aliphatic rings. The molecule has 1 aromatic carbocycles. The molecule has 104 valence electrons. The molecule has 0 saturated heterocycles. The average Bonchev–Trinajstić information content (AvgIpc) is 2.48. The summed E-state index contributed by atoms with van der Waals surface area (Å²) in [6.45, 7) is 2.29. The average molecular weight is 258 g/mol. The second-order valence-electron chi connectivity index (χ2n) is 6.49. The molecule has 1 saturated carbocycles. The minimum atomic E-state index is -0.546. The Hall–Kier alpha value is -0.820. The lowest BCUT2D eigenvalue weighted by Crippen LogP contribution is -2.43. The molecular formula is C18H26O. The lowest BCUT2D eigenvalue weighted by Gasteiger charge is -2.46. The molecular weight excluding hydrogens is 232 g/mol. The summed E-state index contributed by atoms with van der Waals surface area (Å²) in [6.07, 6.45) is 9.64. The normalized spacial score (nSPS) is 34.8. The molecule has 0 heterocycles. The molecule has 3 unspecified atom stereocenters. The van der Waals surface area contributed by atoms with Crippen molar-refractivity contribution in [3.05, 3.63) is 35.4 Å². The number of aryl methyl sites for hydroxylation is 1. The van der Waals surface area contributed by atoms with Crippen LogP contribution in [0.3, 0.4) is 0 Å². The fraction of sp³-hybridized carbons (Fsp3) is 0.667. The van der Waals surface area contributed by atoms with Crippen molar-refractivity contribution in [2.24, 2.45) is 11.8 Å².